The van der Waals surface area contributed by atoms with Gasteiger partial charge in [0.1, 0.15) is 0 Å². The van der Waals surface area contributed by atoms with Crippen molar-refractivity contribution in [1.29, 1.82) is 0 Å². The van der Waals surface area contributed by atoms with Gasteiger partial charge in [-0.3, -0.25) is 9.35 Å². The fourth-order valence-electron chi connectivity index (χ4n) is 0.258. The van der Waals surface area contributed by atoms with E-state index >= 15 is 0 Å². The molecule has 0 aliphatic carbocycles. The van der Waals surface area contributed by atoms with E-state index in [2.05, 4.69) is 6.58 Å². The molecule has 0 radical (unpaired) electrons. The average molecular weight is 226 g/mol. The summed E-state index contributed by atoms with van der Waals surface area (Å²) in [5.74, 6) is -2.44. The number of hydrogen-bond donors (Lipinski definition) is 3. The maximum Gasteiger partial charge on any atom is 0.331 e. The number of carbonyl (C=O) groups is 2. The van der Waals surface area contributed by atoms with Crippen LogP contribution in [0.1, 0.15) is 6.42 Å². The van der Waals surface area contributed by atoms with Gasteiger partial charge in [-0.25, -0.2) is 4.79 Å². The van der Waals surface area contributed by atoms with Crippen molar-refractivity contribution in [3.8, 4) is 0 Å². The van der Waals surface area contributed by atoms with Gasteiger partial charge in [-0.15, -0.1) is 0 Å². The lowest BCUT2D eigenvalue weighted by Crippen LogP contribution is -2.04. The third-order valence-corrected chi connectivity index (χ3v) is 0.667. The Kier molecular flexibility index (Phi) is 6.58. The summed E-state index contributed by atoms with van der Waals surface area (Å²) in [5, 5.41) is 16.1. The molecule has 0 aromatic rings. The minimum absolute atomic E-state index is 0.303. The topological polar surface area (TPSA) is 129 Å². The first kappa shape index (κ1) is 15.1. The fraction of sp³-hybridized carbons (Fsp3) is 0.333. The maximum absolute atomic E-state index is 9.87. The van der Waals surface area contributed by atoms with Gasteiger partial charge in [0.05, 0.1) is 12.7 Å². The van der Waals surface area contributed by atoms with Crippen molar-refractivity contribution >= 4 is 22.1 Å². The highest BCUT2D eigenvalue weighted by molar-refractivity contribution is 7.85. The standard InChI is InChI=1S/C5H6O4.CH4O3S/c1-3(5(8)9)2-4(6)7;1-5(2,3)4/h1-2H2,(H,6,7)(H,8,9);1H3,(H,2,3,4). The lowest BCUT2D eigenvalue weighted by Gasteiger charge is -1.91. The van der Waals surface area contributed by atoms with Crippen LogP contribution in [0.25, 0.3) is 0 Å². The molecule has 3 N–H and O–H groups in total. The minimum atomic E-state index is -3.67. The van der Waals surface area contributed by atoms with E-state index in [1.54, 1.807) is 0 Å². The SMILES string of the molecule is C=C(CC(=O)O)C(=O)O.CS(=O)(=O)O. The van der Waals surface area contributed by atoms with E-state index in [0.29, 0.717) is 6.26 Å². The largest absolute Gasteiger partial charge is 0.481 e. The van der Waals surface area contributed by atoms with Gasteiger partial charge in [0.2, 0.25) is 0 Å². The number of hydrogen-bond acceptors (Lipinski definition) is 4. The first-order chi connectivity index (χ1) is 6.04. The van der Waals surface area contributed by atoms with Crippen LogP contribution in [0, 0.1) is 0 Å². The molecule has 7 nitrogen and oxygen atoms in total. The average Bonchev–Trinajstić information content (AvgIpc) is 1.80. The van der Waals surface area contributed by atoms with Crippen molar-refractivity contribution in [3.63, 3.8) is 0 Å². The van der Waals surface area contributed by atoms with E-state index in [9.17, 15) is 18.0 Å². The van der Waals surface area contributed by atoms with E-state index < -0.39 is 28.5 Å². The predicted octanol–water partition coefficient (Wildman–Crippen LogP) is -0.394. The first-order valence-corrected chi connectivity index (χ1v) is 4.94. The molecular formula is C6H10O7S. The Morgan fingerprint density at radius 1 is 1.29 bits per heavy atom. The molecular weight excluding hydrogens is 216 g/mol. The second-order valence-corrected chi connectivity index (χ2v) is 3.68. The van der Waals surface area contributed by atoms with Gasteiger partial charge < -0.3 is 10.2 Å². The Morgan fingerprint density at radius 2 is 1.57 bits per heavy atom. The number of aliphatic carboxylic acids is 2. The molecule has 0 unspecified atom stereocenters. The van der Waals surface area contributed by atoms with Crippen molar-refractivity contribution < 1.29 is 32.8 Å². The van der Waals surface area contributed by atoms with Gasteiger partial charge in [-0.1, -0.05) is 6.58 Å². The van der Waals surface area contributed by atoms with Gasteiger partial charge in [0, 0.05) is 5.57 Å². The molecule has 0 amide bonds. The summed E-state index contributed by atoms with van der Waals surface area (Å²) in [6, 6.07) is 0. The summed E-state index contributed by atoms with van der Waals surface area (Å²) in [6.07, 6.45) is 0.211. The monoisotopic (exact) mass is 226 g/mol. The van der Waals surface area contributed by atoms with Crippen LogP contribution < -0.4 is 0 Å². The second kappa shape index (κ2) is 6.11. The highest BCUT2D eigenvalue weighted by atomic mass is 32.2. The van der Waals surface area contributed by atoms with Crippen LogP contribution in [-0.4, -0.2) is 41.4 Å². The van der Waals surface area contributed by atoms with Crippen LogP contribution in [0.2, 0.25) is 0 Å². The second-order valence-electron chi connectivity index (χ2n) is 2.21. The van der Waals surface area contributed by atoms with E-state index in [1.807, 2.05) is 0 Å². The molecule has 0 bridgehead atoms. The Hall–Kier alpha value is -1.41. The third-order valence-electron chi connectivity index (χ3n) is 0.667. The van der Waals surface area contributed by atoms with Crippen molar-refractivity contribution in [3.05, 3.63) is 12.2 Å². The molecule has 0 saturated heterocycles. The Bertz CT molecular complexity index is 318. The van der Waals surface area contributed by atoms with Crippen LogP contribution >= 0.6 is 0 Å². The first-order valence-electron chi connectivity index (χ1n) is 3.09. The summed E-state index contributed by atoms with van der Waals surface area (Å²) in [4.78, 5) is 19.7. The number of carboxylic acid groups (broad SMARTS) is 2. The predicted molar refractivity (Wildman–Crippen MR) is 46.5 cm³/mol. The van der Waals surface area contributed by atoms with Crippen LogP contribution in [-0.2, 0) is 19.7 Å². The van der Waals surface area contributed by atoms with Crippen LogP contribution in [0.15, 0.2) is 12.2 Å². The molecule has 8 heteroatoms. The van der Waals surface area contributed by atoms with E-state index in [-0.39, 0.29) is 5.57 Å². The molecule has 0 aliphatic heterocycles. The highest BCUT2D eigenvalue weighted by Gasteiger charge is 2.07. The third kappa shape index (κ3) is 22.4. The summed E-state index contributed by atoms with van der Waals surface area (Å²) in [7, 11) is -3.67. The summed E-state index contributed by atoms with van der Waals surface area (Å²) < 4.78 is 25.9. The van der Waals surface area contributed by atoms with Crippen LogP contribution in [0.4, 0.5) is 0 Å². The van der Waals surface area contributed by atoms with Crippen molar-refractivity contribution in [2.75, 3.05) is 6.26 Å². The zero-order valence-electron chi connectivity index (χ0n) is 7.30. The molecule has 0 rings (SSSR count). The summed E-state index contributed by atoms with van der Waals surface area (Å²) in [5.41, 5.74) is -0.303. The molecule has 0 atom stereocenters. The van der Waals surface area contributed by atoms with E-state index in [4.69, 9.17) is 14.8 Å². The van der Waals surface area contributed by atoms with Crippen molar-refractivity contribution in [2.24, 2.45) is 0 Å². The number of rotatable bonds is 3. The molecule has 0 fully saturated rings. The van der Waals surface area contributed by atoms with Gasteiger partial charge in [-0.05, 0) is 0 Å². The molecule has 14 heavy (non-hydrogen) atoms. The quantitative estimate of drug-likeness (QED) is 0.441. The zero-order chi connectivity index (χ0) is 11.9. The Labute approximate surface area is 80.4 Å². The van der Waals surface area contributed by atoms with Crippen molar-refractivity contribution in [2.45, 2.75) is 6.42 Å². The van der Waals surface area contributed by atoms with Gasteiger partial charge >= 0.3 is 11.9 Å². The molecule has 0 aliphatic rings. The Balaban J connectivity index is 0. The minimum Gasteiger partial charge on any atom is -0.481 e. The fourth-order valence-corrected chi connectivity index (χ4v) is 0.258. The lowest BCUT2D eigenvalue weighted by atomic mass is 10.2. The number of carboxylic acids is 2. The molecule has 0 aromatic heterocycles. The molecule has 0 saturated carbocycles. The van der Waals surface area contributed by atoms with Gasteiger partial charge in [0.15, 0.2) is 0 Å². The van der Waals surface area contributed by atoms with E-state index in [1.165, 1.54) is 0 Å². The van der Waals surface area contributed by atoms with Gasteiger partial charge in [-0.2, -0.15) is 8.42 Å². The summed E-state index contributed by atoms with van der Waals surface area (Å²) >= 11 is 0. The Morgan fingerprint density at radius 3 is 1.64 bits per heavy atom. The van der Waals surface area contributed by atoms with Crippen molar-refractivity contribution in [1.82, 2.24) is 0 Å². The highest BCUT2D eigenvalue weighted by Crippen LogP contribution is 1.95. The summed E-state index contributed by atoms with van der Waals surface area (Å²) in [6.45, 7) is 3.01. The lowest BCUT2D eigenvalue weighted by molar-refractivity contribution is -0.139. The normalized spacial score (nSPS) is 9.57. The zero-order valence-corrected chi connectivity index (χ0v) is 8.11. The van der Waals surface area contributed by atoms with Crippen LogP contribution in [0.5, 0.6) is 0 Å². The maximum atomic E-state index is 9.87. The van der Waals surface area contributed by atoms with E-state index in [0.717, 1.165) is 0 Å². The molecule has 0 spiro atoms. The van der Waals surface area contributed by atoms with Crippen LogP contribution in [0.3, 0.4) is 0 Å². The molecule has 82 valence electrons. The molecule has 0 heterocycles. The van der Waals surface area contributed by atoms with Gasteiger partial charge in [0.25, 0.3) is 10.1 Å². The smallest absolute Gasteiger partial charge is 0.331 e. The molecule has 0 aromatic carbocycles.